The summed E-state index contributed by atoms with van der Waals surface area (Å²) in [6.07, 6.45) is 4.63. The molecule has 3 rings (SSSR count). The van der Waals surface area contributed by atoms with Crippen molar-refractivity contribution in [2.75, 3.05) is 19.7 Å². The molecule has 0 aliphatic carbocycles. The summed E-state index contributed by atoms with van der Waals surface area (Å²) in [6, 6.07) is 2.83. The summed E-state index contributed by atoms with van der Waals surface area (Å²) in [5.41, 5.74) is 5.63. The number of rotatable bonds is 5. The highest BCUT2D eigenvalue weighted by Gasteiger charge is 2.35. The Hall–Kier alpha value is -2.02. The predicted molar refractivity (Wildman–Crippen MR) is 88.9 cm³/mol. The quantitative estimate of drug-likeness (QED) is 0.868. The van der Waals surface area contributed by atoms with Crippen molar-refractivity contribution in [2.24, 2.45) is 17.6 Å². The molecular formula is C18H24FN3O3. The lowest BCUT2D eigenvalue weighted by Crippen LogP contribution is -2.41. The van der Waals surface area contributed by atoms with E-state index in [2.05, 4.69) is 4.98 Å². The second-order valence-electron chi connectivity index (χ2n) is 6.88. The first-order chi connectivity index (χ1) is 12.0. The standard InChI is InChI=1S/C18H24FN3O3/c19-14-2-1-6-21-15(14)11-17(23)22-7-3-12(4-8-22)10-16-13(18(20)24)5-9-25-16/h1-2,6,12-13,16H,3-5,7-11H2,(H2,20,24)/t13-,16-/m1/s1. The van der Waals surface area contributed by atoms with Gasteiger partial charge in [0, 0.05) is 25.9 Å². The maximum atomic E-state index is 13.6. The van der Waals surface area contributed by atoms with Crippen molar-refractivity contribution in [1.29, 1.82) is 0 Å². The molecule has 25 heavy (non-hydrogen) atoms. The number of carbonyl (C=O) groups is 2. The Kier molecular flexibility index (Phi) is 5.63. The molecule has 2 atom stereocenters. The Balaban J connectivity index is 1.48. The molecule has 6 nitrogen and oxygen atoms in total. The number of carbonyl (C=O) groups excluding carboxylic acids is 2. The summed E-state index contributed by atoms with van der Waals surface area (Å²) in [5.74, 6) is -0.593. The lowest BCUT2D eigenvalue weighted by molar-refractivity contribution is -0.132. The smallest absolute Gasteiger partial charge is 0.228 e. The van der Waals surface area contributed by atoms with Crippen LogP contribution in [-0.4, -0.2) is 47.5 Å². The van der Waals surface area contributed by atoms with Crippen molar-refractivity contribution in [3.63, 3.8) is 0 Å². The first-order valence-electron chi connectivity index (χ1n) is 8.82. The first kappa shape index (κ1) is 17.8. The van der Waals surface area contributed by atoms with E-state index in [9.17, 15) is 14.0 Å². The summed E-state index contributed by atoms with van der Waals surface area (Å²) in [6.45, 7) is 1.88. The number of nitrogens with zero attached hydrogens (tertiary/aromatic N) is 2. The van der Waals surface area contributed by atoms with Gasteiger partial charge in [0.15, 0.2) is 0 Å². The number of pyridine rings is 1. The Morgan fingerprint density at radius 2 is 2.08 bits per heavy atom. The maximum absolute atomic E-state index is 13.6. The molecule has 1 aromatic rings. The average molecular weight is 349 g/mol. The van der Waals surface area contributed by atoms with E-state index < -0.39 is 5.82 Å². The number of hydrogen-bond acceptors (Lipinski definition) is 4. The van der Waals surface area contributed by atoms with E-state index in [1.54, 1.807) is 4.90 Å². The van der Waals surface area contributed by atoms with Crippen molar-refractivity contribution in [2.45, 2.75) is 38.2 Å². The highest BCUT2D eigenvalue weighted by Crippen LogP contribution is 2.30. The monoisotopic (exact) mass is 349 g/mol. The second kappa shape index (κ2) is 7.91. The van der Waals surface area contributed by atoms with Gasteiger partial charge in [-0.2, -0.15) is 0 Å². The zero-order valence-corrected chi connectivity index (χ0v) is 14.2. The van der Waals surface area contributed by atoms with Crippen LogP contribution in [0.2, 0.25) is 0 Å². The second-order valence-corrected chi connectivity index (χ2v) is 6.88. The molecule has 1 aromatic heterocycles. The van der Waals surface area contributed by atoms with E-state index in [1.807, 2.05) is 0 Å². The molecule has 3 heterocycles. The van der Waals surface area contributed by atoms with E-state index >= 15 is 0 Å². The number of ether oxygens (including phenoxy) is 1. The zero-order chi connectivity index (χ0) is 17.8. The van der Waals surface area contributed by atoms with Crippen LogP contribution in [0, 0.1) is 17.7 Å². The van der Waals surface area contributed by atoms with Crippen molar-refractivity contribution < 1.29 is 18.7 Å². The minimum Gasteiger partial charge on any atom is -0.377 e. The molecular weight excluding hydrogens is 325 g/mol. The summed E-state index contributed by atoms with van der Waals surface area (Å²) < 4.78 is 19.3. The summed E-state index contributed by atoms with van der Waals surface area (Å²) >= 11 is 0. The van der Waals surface area contributed by atoms with Crippen molar-refractivity contribution in [1.82, 2.24) is 9.88 Å². The lowest BCUT2D eigenvalue weighted by Gasteiger charge is -2.33. The third-order valence-electron chi connectivity index (χ3n) is 5.26. The summed E-state index contributed by atoms with van der Waals surface area (Å²) in [5, 5.41) is 0. The summed E-state index contributed by atoms with van der Waals surface area (Å²) in [7, 11) is 0. The Morgan fingerprint density at radius 3 is 2.76 bits per heavy atom. The molecule has 2 fully saturated rings. The van der Waals surface area contributed by atoms with Crippen LogP contribution < -0.4 is 5.73 Å². The molecule has 2 amide bonds. The van der Waals surface area contributed by atoms with Gasteiger partial charge >= 0.3 is 0 Å². The highest BCUT2D eigenvalue weighted by molar-refractivity contribution is 5.78. The molecule has 7 heteroatoms. The van der Waals surface area contributed by atoms with Gasteiger partial charge in [-0.1, -0.05) is 0 Å². The number of piperidine rings is 1. The van der Waals surface area contributed by atoms with E-state index in [4.69, 9.17) is 10.5 Å². The molecule has 0 unspecified atom stereocenters. The topological polar surface area (TPSA) is 85.5 Å². The molecule has 2 saturated heterocycles. The molecule has 136 valence electrons. The number of aromatic nitrogens is 1. The van der Waals surface area contributed by atoms with Crippen molar-refractivity contribution in [3.05, 3.63) is 29.8 Å². The Labute approximate surface area is 146 Å². The van der Waals surface area contributed by atoms with Gasteiger partial charge in [0.2, 0.25) is 11.8 Å². The highest BCUT2D eigenvalue weighted by atomic mass is 19.1. The fourth-order valence-corrected chi connectivity index (χ4v) is 3.76. The fourth-order valence-electron chi connectivity index (χ4n) is 3.76. The van der Waals surface area contributed by atoms with E-state index in [0.717, 1.165) is 19.3 Å². The lowest BCUT2D eigenvalue weighted by atomic mass is 9.86. The molecule has 0 aromatic carbocycles. The predicted octanol–water partition coefficient (Wildman–Crippen LogP) is 1.28. The van der Waals surface area contributed by atoms with Crippen LogP contribution in [0.4, 0.5) is 4.39 Å². The molecule has 2 N–H and O–H groups in total. The minimum absolute atomic E-state index is 0.00712. The van der Waals surface area contributed by atoms with Gasteiger partial charge in [0.25, 0.3) is 0 Å². The van der Waals surface area contributed by atoms with Gasteiger partial charge < -0.3 is 15.4 Å². The third-order valence-corrected chi connectivity index (χ3v) is 5.26. The number of hydrogen-bond donors (Lipinski definition) is 1. The van der Waals surface area contributed by atoms with Crippen LogP contribution >= 0.6 is 0 Å². The molecule has 0 radical (unpaired) electrons. The zero-order valence-electron chi connectivity index (χ0n) is 14.2. The maximum Gasteiger partial charge on any atom is 0.228 e. The number of amides is 2. The number of likely N-dealkylation sites (tertiary alicyclic amines) is 1. The molecule has 0 spiro atoms. The Bertz CT molecular complexity index is 632. The normalized spacial score (nSPS) is 24.4. The van der Waals surface area contributed by atoms with Crippen molar-refractivity contribution in [3.8, 4) is 0 Å². The number of nitrogens with two attached hydrogens (primary N) is 1. The van der Waals surface area contributed by atoms with Crippen LogP contribution in [0.15, 0.2) is 18.3 Å². The molecule has 2 aliphatic rings. The van der Waals surface area contributed by atoms with Gasteiger partial charge in [0.1, 0.15) is 5.82 Å². The van der Waals surface area contributed by atoms with Crippen LogP contribution in [0.5, 0.6) is 0 Å². The molecule has 0 bridgehead atoms. The average Bonchev–Trinajstić information content (AvgIpc) is 3.06. The van der Waals surface area contributed by atoms with Gasteiger partial charge in [-0.3, -0.25) is 14.6 Å². The fraction of sp³-hybridized carbons (Fsp3) is 0.611. The Morgan fingerprint density at radius 1 is 1.32 bits per heavy atom. The van der Waals surface area contributed by atoms with Crippen molar-refractivity contribution >= 4 is 11.8 Å². The van der Waals surface area contributed by atoms with Gasteiger partial charge in [-0.25, -0.2) is 4.39 Å². The van der Waals surface area contributed by atoms with Crippen LogP contribution in [0.1, 0.15) is 31.4 Å². The van der Waals surface area contributed by atoms with Gasteiger partial charge in [-0.15, -0.1) is 0 Å². The minimum atomic E-state index is -0.443. The van der Waals surface area contributed by atoms with E-state index in [1.165, 1.54) is 18.3 Å². The number of halogens is 1. The third kappa shape index (κ3) is 4.34. The first-order valence-corrected chi connectivity index (χ1v) is 8.82. The molecule has 0 saturated carbocycles. The van der Waals surface area contributed by atoms with E-state index in [0.29, 0.717) is 32.0 Å². The van der Waals surface area contributed by atoms with Crippen LogP contribution in [0.25, 0.3) is 0 Å². The largest absolute Gasteiger partial charge is 0.377 e. The summed E-state index contributed by atoms with van der Waals surface area (Å²) in [4.78, 5) is 29.5. The van der Waals surface area contributed by atoms with Gasteiger partial charge in [0.05, 0.1) is 24.1 Å². The van der Waals surface area contributed by atoms with Crippen LogP contribution in [0.3, 0.4) is 0 Å². The SMILES string of the molecule is NC(=O)[C@@H]1CCO[C@@H]1CC1CCN(C(=O)Cc2ncccc2F)CC1. The van der Waals surface area contributed by atoms with Crippen LogP contribution in [-0.2, 0) is 20.7 Å². The molecule has 2 aliphatic heterocycles. The van der Waals surface area contributed by atoms with Gasteiger partial charge in [-0.05, 0) is 43.7 Å². The van der Waals surface area contributed by atoms with E-state index in [-0.39, 0.29) is 36.0 Å². The number of primary amides is 1.